The number of carbonyl (C=O) groups excluding carboxylic acids is 2. The molecule has 0 saturated heterocycles. The zero-order valence-electron chi connectivity index (χ0n) is 20.8. The molecule has 3 heterocycles. The van der Waals surface area contributed by atoms with Gasteiger partial charge in [0.1, 0.15) is 5.82 Å². The number of hydrogen-bond acceptors (Lipinski definition) is 6. The van der Waals surface area contributed by atoms with Gasteiger partial charge in [-0.15, -0.1) is 23.1 Å². The summed E-state index contributed by atoms with van der Waals surface area (Å²) >= 11 is 3.37. The molecule has 1 aliphatic carbocycles. The third-order valence-corrected chi connectivity index (χ3v) is 9.06. The van der Waals surface area contributed by atoms with Crippen LogP contribution in [0.15, 0.2) is 81.5 Å². The number of thioether (sulfide) groups is 1. The third kappa shape index (κ3) is 4.65. The number of ketones is 1. The molecule has 3 aromatic rings. The van der Waals surface area contributed by atoms with Gasteiger partial charge in [-0.05, 0) is 68.2 Å². The van der Waals surface area contributed by atoms with Crippen LogP contribution in [0.4, 0.5) is 5.82 Å². The van der Waals surface area contributed by atoms with Crippen molar-refractivity contribution in [1.82, 2.24) is 10.3 Å². The quantitative estimate of drug-likeness (QED) is 0.381. The van der Waals surface area contributed by atoms with Crippen LogP contribution in [0.1, 0.15) is 53.2 Å². The van der Waals surface area contributed by atoms with E-state index in [2.05, 4.69) is 40.7 Å². The normalized spacial score (nSPS) is 19.7. The molecule has 0 bridgehead atoms. The van der Waals surface area contributed by atoms with Gasteiger partial charge in [-0.3, -0.25) is 9.59 Å². The Morgan fingerprint density at radius 2 is 1.89 bits per heavy atom. The van der Waals surface area contributed by atoms with Gasteiger partial charge in [0.25, 0.3) is 5.91 Å². The Labute approximate surface area is 220 Å². The van der Waals surface area contributed by atoms with E-state index in [1.807, 2.05) is 44.4 Å². The van der Waals surface area contributed by atoms with Crippen molar-refractivity contribution < 1.29 is 9.59 Å². The van der Waals surface area contributed by atoms with Gasteiger partial charge in [0.15, 0.2) is 5.78 Å². The number of aryl methyl sites for hydroxylation is 2. The maximum atomic E-state index is 13.8. The van der Waals surface area contributed by atoms with Gasteiger partial charge in [-0.2, -0.15) is 0 Å². The third-order valence-electron chi connectivity index (χ3n) is 6.84. The smallest absolute Gasteiger partial charge is 0.255 e. The molecule has 1 aliphatic heterocycles. The fourth-order valence-corrected chi connectivity index (χ4v) is 7.12. The Bertz CT molecular complexity index is 1390. The largest absolute Gasteiger partial charge is 0.362 e. The zero-order valence-corrected chi connectivity index (χ0v) is 22.5. The van der Waals surface area contributed by atoms with Crippen LogP contribution in [0.3, 0.4) is 0 Å². The van der Waals surface area contributed by atoms with E-state index in [9.17, 15) is 9.59 Å². The topological polar surface area (TPSA) is 71.1 Å². The predicted octanol–water partition coefficient (Wildman–Crippen LogP) is 6.48. The molecule has 5 rings (SSSR count). The van der Waals surface area contributed by atoms with Crippen molar-refractivity contribution in [3.8, 4) is 0 Å². The van der Waals surface area contributed by atoms with Gasteiger partial charge in [-0.25, -0.2) is 4.98 Å². The van der Waals surface area contributed by atoms with Crippen molar-refractivity contribution in [2.75, 3.05) is 11.6 Å². The van der Waals surface area contributed by atoms with E-state index < -0.39 is 5.92 Å². The first-order valence-corrected chi connectivity index (χ1v) is 14.1. The Kier molecular flexibility index (Phi) is 6.86. The minimum Gasteiger partial charge on any atom is -0.362 e. The summed E-state index contributed by atoms with van der Waals surface area (Å²) < 4.78 is 1.13. The Hall–Kier alpha value is -3.16. The fourth-order valence-electron chi connectivity index (χ4n) is 5.21. The number of allylic oxidation sites excluding steroid dienone is 3. The van der Waals surface area contributed by atoms with Gasteiger partial charge < -0.3 is 10.6 Å². The fraction of sp³-hybridized carbons (Fsp3) is 0.276. The number of thiophene rings is 1. The van der Waals surface area contributed by atoms with Crippen LogP contribution in [-0.4, -0.2) is 22.9 Å². The number of rotatable bonds is 5. The van der Waals surface area contributed by atoms with Crippen LogP contribution in [0, 0.1) is 13.8 Å². The first-order chi connectivity index (χ1) is 17.4. The Morgan fingerprint density at radius 3 is 2.58 bits per heavy atom. The standard InChI is InChI=1S/C29H29N3O2S2/c1-16-10-11-24(30-15-16)32-28(34)25-18(3)31-22-13-20(19-8-6-5-7-9-19)14-23(33)27(22)26(25)21-12-17(2)36-29(21)35-4/h5-12,15,20,26,31H,13-14H2,1-4H3,(H,30,32,34). The summed E-state index contributed by atoms with van der Waals surface area (Å²) in [5.41, 5.74) is 6.24. The van der Waals surface area contributed by atoms with E-state index in [-0.39, 0.29) is 17.6 Å². The van der Waals surface area contributed by atoms with E-state index in [0.29, 0.717) is 17.8 Å². The van der Waals surface area contributed by atoms with Gasteiger partial charge in [0.2, 0.25) is 0 Å². The molecule has 0 spiro atoms. The molecule has 1 aromatic carbocycles. The Morgan fingerprint density at radius 1 is 1.11 bits per heavy atom. The second-order valence-corrected chi connectivity index (χ2v) is 11.7. The number of nitrogens with zero attached hydrogens (tertiary/aromatic N) is 1. The number of nitrogens with one attached hydrogen (secondary N) is 2. The number of aromatic nitrogens is 1. The lowest BCUT2D eigenvalue weighted by Gasteiger charge is -2.37. The highest BCUT2D eigenvalue weighted by molar-refractivity contribution is 8.00. The summed E-state index contributed by atoms with van der Waals surface area (Å²) in [6.07, 6.45) is 4.96. The highest BCUT2D eigenvalue weighted by Crippen LogP contribution is 2.49. The first-order valence-electron chi connectivity index (χ1n) is 12.0. The monoisotopic (exact) mass is 515 g/mol. The summed E-state index contributed by atoms with van der Waals surface area (Å²) in [6, 6.07) is 16.1. The van der Waals surface area contributed by atoms with Gasteiger partial charge >= 0.3 is 0 Å². The van der Waals surface area contributed by atoms with Crippen molar-refractivity contribution in [3.63, 3.8) is 0 Å². The molecule has 0 saturated carbocycles. The zero-order chi connectivity index (χ0) is 25.4. The highest BCUT2D eigenvalue weighted by Gasteiger charge is 2.42. The van der Waals surface area contributed by atoms with Crippen LogP contribution in [0.25, 0.3) is 0 Å². The van der Waals surface area contributed by atoms with E-state index in [0.717, 1.165) is 43.6 Å². The van der Waals surface area contributed by atoms with Crippen molar-refractivity contribution in [2.24, 2.45) is 0 Å². The van der Waals surface area contributed by atoms with Crippen LogP contribution in [0.2, 0.25) is 0 Å². The predicted molar refractivity (Wildman–Crippen MR) is 147 cm³/mol. The minimum atomic E-state index is -0.414. The summed E-state index contributed by atoms with van der Waals surface area (Å²) in [6.45, 7) is 5.97. The molecular formula is C29H29N3O2S2. The molecule has 2 aliphatic rings. The number of Topliss-reactive ketones (excluding diaryl/α,β-unsaturated/α-hetero) is 1. The SMILES string of the molecule is CSc1sc(C)cc1C1C(C(=O)Nc2ccc(C)cn2)=C(C)NC2=C1C(=O)CC(c1ccccc1)C2. The molecule has 0 fully saturated rings. The van der Waals surface area contributed by atoms with E-state index in [1.165, 1.54) is 5.56 Å². The molecule has 36 heavy (non-hydrogen) atoms. The van der Waals surface area contributed by atoms with Crippen molar-refractivity contribution in [3.05, 3.63) is 98.8 Å². The number of benzene rings is 1. The average molecular weight is 516 g/mol. The van der Waals surface area contributed by atoms with Crippen LogP contribution >= 0.6 is 23.1 Å². The first kappa shape index (κ1) is 24.5. The van der Waals surface area contributed by atoms with Gasteiger partial charge in [0.05, 0.1) is 4.21 Å². The van der Waals surface area contributed by atoms with E-state index >= 15 is 0 Å². The number of pyridine rings is 1. The lowest BCUT2D eigenvalue weighted by molar-refractivity contribution is -0.116. The summed E-state index contributed by atoms with van der Waals surface area (Å²) in [5, 5.41) is 6.45. The van der Waals surface area contributed by atoms with E-state index in [1.54, 1.807) is 35.4 Å². The lowest BCUT2D eigenvalue weighted by atomic mass is 9.72. The molecule has 2 N–H and O–H groups in total. The van der Waals surface area contributed by atoms with Crippen LogP contribution in [0.5, 0.6) is 0 Å². The Balaban J connectivity index is 1.58. The highest BCUT2D eigenvalue weighted by atomic mass is 32.2. The van der Waals surface area contributed by atoms with Crippen molar-refractivity contribution >= 4 is 40.6 Å². The molecule has 7 heteroatoms. The molecule has 2 unspecified atom stereocenters. The van der Waals surface area contributed by atoms with E-state index in [4.69, 9.17) is 0 Å². The van der Waals surface area contributed by atoms with Gasteiger partial charge in [-0.1, -0.05) is 36.4 Å². The van der Waals surface area contributed by atoms with Crippen LogP contribution < -0.4 is 10.6 Å². The molecule has 2 atom stereocenters. The maximum absolute atomic E-state index is 13.8. The lowest BCUT2D eigenvalue weighted by Crippen LogP contribution is -2.37. The minimum absolute atomic E-state index is 0.102. The van der Waals surface area contributed by atoms with Crippen LogP contribution in [-0.2, 0) is 9.59 Å². The molecule has 2 aromatic heterocycles. The second kappa shape index (κ2) is 10.1. The second-order valence-electron chi connectivity index (χ2n) is 9.41. The molecule has 5 nitrogen and oxygen atoms in total. The molecular weight excluding hydrogens is 486 g/mol. The number of dihydropyridines is 1. The number of carbonyl (C=O) groups is 2. The molecule has 0 radical (unpaired) electrons. The van der Waals surface area contributed by atoms with Crippen molar-refractivity contribution in [2.45, 2.75) is 49.7 Å². The number of amides is 1. The van der Waals surface area contributed by atoms with Crippen molar-refractivity contribution in [1.29, 1.82) is 0 Å². The molecule has 1 amide bonds. The average Bonchev–Trinajstić information content (AvgIpc) is 3.25. The summed E-state index contributed by atoms with van der Waals surface area (Å²) in [5.74, 6) is 0.0692. The number of anilines is 1. The summed E-state index contributed by atoms with van der Waals surface area (Å²) in [7, 11) is 0. The number of hydrogen-bond donors (Lipinski definition) is 2. The maximum Gasteiger partial charge on any atom is 0.255 e. The van der Waals surface area contributed by atoms with Gasteiger partial charge in [0, 0.05) is 46.0 Å². The molecule has 184 valence electrons. The summed E-state index contributed by atoms with van der Waals surface area (Å²) in [4.78, 5) is 33.1.